The maximum Gasteiger partial charge on any atom is 0.434 e. The normalized spacial score (nSPS) is 14.4. The predicted octanol–water partition coefficient (Wildman–Crippen LogP) is 5.01. The molecule has 0 radical (unpaired) electrons. The fourth-order valence-electron chi connectivity index (χ4n) is 4.15. The molecule has 0 aliphatic heterocycles. The van der Waals surface area contributed by atoms with Crippen molar-refractivity contribution in [3.05, 3.63) is 65.3 Å². The molecule has 13 heteroatoms. The lowest BCUT2D eigenvalue weighted by atomic mass is 10.1. The molecule has 1 atom stereocenters. The van der Waals surface area contributed by atoms with Gasteiger partial charge in [-0.05, 0) is 37.5 Å². The molecule has 1 saturated carbocycles. The number of hydrogen-bond donors (Lipinski definition) is 1. The van der Waals surface area contributed by atoms with Crippen LogP contribution in [0.15, 0.2) is 36.9 Å². The standard InChI is InChI=1S/C26H24F4N6O3/c1-13(37)17-9-31-22(20-21(15-5-6-15)32-12-33-25(20)38-3)35-24(17)39-11-14-4-7-16(18(27)8-14)23-34-19(10-36(23)2)26(28,29)30/h4,7-10,12-13,15,37H,5-6,11H2,1-3H3/t13-/m1/s1. The van der Waals surface area contributed by atoms with Crippen molar-refractivity contribution in [3.8, 4) is 34.5 Å². The summed E-state index contributed by atoms with van der Waals surface area (Å²) in [6, 6.07) is 4.01. The summed E-state index contributed by atoms with van der Waals surface area (Å²) in [5, 5.41) is 10.2. The predicted molar refractivity (Wildman–Crippen MR) is 130 cm³/mol. The van der Waals surface area contributed by atoms with Crippen LogP contribution in [0.3, 0.4) is 0 Å². The van der Waals surface area contributed by atoms with Crippen molar-refractivity contribution in [2.24, 2.45) is 7.05 Å². The summed E-state index contributed by atoms with van der Waals surface area (Å²) >= 11 is 0. The molecule has 39 heavy (non-hydrogen) atoms. The Kier molecular flexibility index (Phi) is 6.93. The van der Waals surface area contributed by atoms with E-state index < -0.39 is 23.8 Å². The van der Waals surface area contributed by atoms with E-state index in [1.54, 1.807) is 0 Å². The van der Waals surface area contributed by atoms with Crippen LogP contribution in [0.2, 0.25) is 0 Å². The minimum absolute atomic E-state index is 0.0751. The highest BCUT2D eigenvalue weighted by Gasteiger charge is 2.35. The van der Waals surface area contributed by atoms with Gasteiger partial charge in [0.25, 0.3) is 0 Å². The summed E-state index contributed by atoms with van der Waals surface area (Å²) in [7, 11) is 2.84. The molecule has 204 valence electrons. The zero-order valence-corrected chi connectivity index (χ0v) is 21.2. The van der Waals surface area contributed by atoms with Crippen LogP contribution < -0.4 is 9.47 Å². The molecule has 0 spiro atoms. The van der Waals surface area contributed by atoms with Crippen LogP contribution in [-0.4, -0.2) is 41.7 Å². The smallest absolute Gasteiger partial charge is 0.434 e. The third-order valence-electron chi connectivity index (χ3n) is 6.27. The Hall–Kier alpha value is -4.13. The van der Waals surface area contributed by atoms with Crippen LogP contribution in [-0.2, 0) is 19.8 Å². The van der Waals surface area contributed by atoms with Gasteiger partial charge in [-0.1, -0.05) is 6.07 Å². The summed E-state index contributed by atoms with van der Waals surface area (Å²) in [5.74, 6) is -0.0406. The van der Waals surface area contributed by atoms with Crippen LogP contribution in [0, 0.1) is 5.82 Å². The molecule has 0 bridgehead atoms. The summed E-state index contributed by atoms with van der Waals surface area (Å²) in [4.78, 5) is 21.0. The Morgan fingerprint density at radius 3 is 2.51 bits per heavy atom. The van der Waals surface area contributed by atoms with Gasteiger partial charge in [0.2, 0.25) is 11.8 Å². The molecular formula is C26H24F4N6O3. The molecule has 5 rings (SSSR count). The molecule has 4 aromatic rings. The quantitative estimate of drug-likeness (QED) is 0.309. The molecule has 1 fully saturated rings. The molecule has 3 aromatic heterocycles. The molecule has 9 nitrogen and oxygen atoms in total. The fraction of sp³-hybridized carbons (Fsp3) is 0.346. The zero-order valence-electron chi connectivity index (χ0n) is 21.2. The number of aryl methyl sites for hydroxylation is 1. The molecule has 1 N–H and O–H groups in total. The zero-order chi connectivity index (χ0) is 27.9. The number of halogens is 4. The van der Waals surface area contributed by atoms with Crippen LogP contribution in [0.4, 0.5) is 17.6 Å². The fourth-order valence-corrected chi connectivity index (χ4v) is 4.15. The number of aliphatic hydroxyl groups is 1. The molecule has 1 aliphatic carbocycles. The minimum atomic E-state index is -4.65. The van der Waals surface area contributed by atoms with E-state index in [1.807, 2.05) is 0 Å². The summed E-state index contributed by atoms with van der Waals surface area (Å²) in [6.07, 6.45) is -0.000133. The number of hydrogen-bond acceptors (Lipinski definition) is 8. The van der Waals surface area contributed by atoms with Crippen molar-refractivity contribution >= 4 is 0 Å². The number of benzene rings is 1. The first-order chi connectivity index (χ1) is 18.6. The van der Waals surface area contributed by atoms with Crippen LogP contribution in [0.25, 0.3) is 22.8 Å². The summed E-state index contributed by atoms with van der Waals surface area (Å²) in [6.45, 7) is 1.39. The topological polar surface area (TPSA) is 108 Å². The van der Waals surface area contributed by atoms with Gasteiger partial charge in [-0.15, -0.1) is 0 Å². The van der Waals surface area contributed by atoms with Crippen molar-refractivity contribution in [1.82, 2.24) is 29.5 Å². The van der Waals surface area contributed by atoms with E-state index in [0.717, 1.165) is 35.4 Å². The van der Waals surface area contributed by atoms with Gasteiger partial charge >= 0.3 is 6.18 Å². The lowest BCUT2D eigenvalue weighted by Crippen LogP contribution is -2.08. The summed E-state index contributed by atoms with van der Waals surface area (Å²) in [5.41, 5.74) is 0.799. The average molecular weight is 545 g/mol. The molecule has 1 aliphatic rings. The lowest BCUT2D eigenvalue weighted by molar-refractivity contribution is -0.140. The first-order valence-corrected chi connectivity index (χ1v) is 12.0. The average Bonchev–Trinajstić information content (AvgIpc) is 3.67. The maximum atomic E-state index is 15.0. The highest BCUT2D eigenvalue weighted by atomic mass is 19.4. The van der Waals surface area contributed by atoms with Crippen molar-refractivity contribution < 1.29 is 32.1 Å². The van der Waals surface area contributed by atoms with E-state index in [4.69, 9.17) is 9.47 Å². The van der Waals surface area contributed by atoms with Crippen molar-refractivity contribution in [1.29, 1.82) is 0 Å². The minimum Gasteiger partial charge on any atom is -0.480 e. The molecule has 1 aromatic carbocycles. The van der Waals surface area contributed by atoms with Crippen LogP contribution in [0.5, 0.6) is 11.8 Å². The number of ether oxygens (including phenoxy) is 2. The van der Waals surface area contributed by atoms with Gasteiger partial charge in [-0.2, -0.15) is 18.2 Å². The van der Waals surface area contributed by atoms with Gasteiger partial charge in [0.05, 0.1) is 30.0 Å². The first-order valence-electron chi connectivity index (χ1n) is 12.0. The van der Waals surface area contributed by atoms with Crippen molar-refractivity contribution in [3.63, 3.8) is 0 Å². The number of rotatable bonds is 8. The Balaban J connectivity index is 1.43. The van der Waals surface area contributed by atoms with E-state index in [0.29, 0.717) is 22.6 Å². The van der Waals surface area contributed by atoms with E-state index in [1.165, 1.54) is 45.7 Å². The van der Waals surface area contributed by atoms with Gasteiger partial charge in [0.1, 0.15) is 30.1 Å². The number of nitrogens with zero attached hydrogens (tertiary/aromatic N) is 6. The molecule has 0 unspecified atom stereocenters. The first kappa shape index (κ1) is 26.5. The number of imidazole rings is 1. The monoisotopic (exact) mass is 544 g/mol. The second-order valence-electron chi connectivity index (χ2n) is 9.21. The maximum absolute atomic E-state index is 15.0. The van der Waals surface area contributed by atoms with Gasteiger partial charge in [-0.25, -0.2) is 24.3 Å². The number of methoxy groups -OCH3 is 1. The molecule has 0 saturated heterocycles. The molecule has 0 amide bonds. The van der Waals surface area contributed by atoms with Gasteiger partial charge in [-0.3, -0.25) is 0 Å². The van der Waals surface area contributed by atoms with Gasteiger partial charge in [0.15, 0.2) is 11.5 Å². The highest BCUT2D eigenvalue weighted by Crippen LogP contribution is 2.45. The Labute approximate surface area is 220 Å². The Morgan fingerprint density at radius 2 is 1.90 bits per heavy atom. The van der Waals surface area contributed by atoms with Crippen LogP contribution >= 0.6 is 0 Å². The number of aromatic nitrogens is 6. The van der Waals surface area contributed by atoms with Crippen LogP contribution in [0.1, 0.15) is 54.3 Å². The van der Waals surface area contributed by atoms with E-state index in [9.17, 15) is 22.7 Å². The second-order valence-corrected chi connectivity index (χ2v) is 9.21. The van der Waals surface area contributed by atoms with Gasteiger partial charge < -0.3 is 19.1 Å². The van der Waals surface area contributed by atoms with E-state index in [2.05, 4.69) is 24.9 Å². The summed E-state index contributed by atoms with van der Waals surface area (Å²) < 4.78 is 66.5. The van der Waals surface area contributed by atoms with Crippen molar-refractivity contribution in [2.45, 2.75) is 44.6 Å². The third-order valence-corrected chi connectivity index (χ3v) is 6.27. The molecular weight excluding hydrogens is 520 g/mol. The largest absolute Gasteiger partial charge is 0.480 e. The number of alkyl halides is 3. The highest BCUT2D eigenvalue weighted by molar-refractivity contribution is 5.66. The Bertz CT molecular complexity index is 1520. The Morgan fingerprint density at radius 1 is 1.13 bits per heavy atom. The van der Waals surface area contributed by atoms with E-state index >= 15 is 0 Å². The lowest BCUT2D eigenvalue weighted by Gasteiger charge is -2.15. The third kappa shape index (κ3) is 5.39. The molecule has 3 heterocycles. The van der Waals surface area contributed by atoms with Gasteiger partial charge in [0, 0.05) is 25.4 Å². The number of aliphatic hydroxyl groups excluding tert-OH is 1. The SMILES string of the molecule is COc1ncnc(C2CC2)c1-c1ncc([C@@H](C)O)c(OCc2ccc(-c3nc(C(F)(F)F)cn3C)c(F)c2)n1. The second kappa shape index (κ2) is 10.2. The van der Waals surface area contributed by atoms with E-state index in [-0.39, 0.29) is 35.6 Å². The van der Waals surface area contributed by atoms with Crippen molar-refractivity contribution in [2.75, 3.05) is 7.11 Å².